The number of piperidine rings is 1. The van der Waals surface area contributed by atoms with Gasteiger partial charge in [0.05, 0.1) is 12.5 Å². The van der Waals surface area contributed by atoms with Crippen LogP contribution in [0.5, 0.6) is 0 Å². The Kier molecular flexibility index (Phi) is 3.47. The Morgan fingerprint density at radius 1 is 1.35 bits per heavy atom. The fraction of sp³-hybridized carbons (Fsp3) is 0.500. The zero-order valence-corrected chi connectivity index (χ0v) is 11.6. The molecule has 1 aromatic carbocycles. The summed E-state index contributed by atoms with van der Waals surface area (Å²) in [5, 5.41) is 0. The summed E-state index contributed by atoms with van der Waals surface area (Å²) in [7, 11) is 0. The van der Waals surface area contributed by atoms with Crippen molar-refractivity contribution in [2.24, 2.45) is 11.8 Å². The molecule has 0 aromatic heterocycles. The molecular formula is C16H19NO3. The molecule has 0 spiro atoms. The number of carbonyl (C=O) groups is 2. The van der Waals surface area contributed by atoms with Crippen molar-refractivity contribution >= 4 is 11.9 Å². The number of nitrogens with zero attached hydrogens (tertiary/aromatic N) is 1. The predicted molar refractivity (Wildman–Crippen MR) is 74.1 cm³/mol. The minimum atomic E-state index is -0.117. The van der Waals surface area contributed by atoms with Crippen LogP contribution in [0.1, 0.15) is 30.1 Å². The van der Waals surface area contributed by atoms with Gasteiger partial charge in [0.2, 0.25) is 0 Å². The lowest BCUT2D eigenvalue weighted by Crippen LogP contribution is -2.46. The number of esters is 1. The number of fused-ring (bicyclic) bond motifs is 1. The van der Waals surface area contributed by atoms with E-state index < -0.39 is 0 Å². The summed E-state index contributed by atoms with van der Waals surface area (Å²) in [6.07, 6.45) is 1.56. The van der Waals surface area contributed by atoms with E-state index >= 15 is 0 Å². The molecule has 4 nitrogen and oxygen atoms in total. The summed E-state index contributed by atoms with van der Waals surface area (Å²) in [6.45, 7) is 3.26. The highest BCUT2D eigenvalue weighted by molar-refractivity contribution is 5.94. The molecule has 20 heavy (non-hydrogen) atoms. The van der Waals surface area contributed by atoms with E-state index in [2.05, 4.69) is 0 Å². The van der Waals surface area contributed by atoms with E-state index in [9.17, 15) is 9.59 Å². The summed E-state index contributed by atoms with van der Waals surface area (Å²) in [5.74, 6) is 0.248. The van der Waals surface area contributed by atoms with Crippen LogP contribution in [0.25, 0.3) is 0 Å². The average Bonchev–Trinajstić information content (AvgIpc) is 2.81. The lowest BCUT2D eigenvalue weighted by molar-refractivity contribution is -0.144. The van der Waals surface area contributed by atoms with Crippen molar-refractivity contribution in [1.82, 2.24) is 4.90 Å². The zero-order valence-electron chi connectivity index (χ0n) is 11.6. The molecule has 3 atom stereocenters. The molecule has 2 aliphatic rings. The summed E-state index contributed by atoms with van der Waals surface area (Å²) in [6, 6.07) is 9.27. The molecule has 2 aliphatic heterocycles. The molecular weight excluding hydrogens is 254 g/mol. The van der Waals surface area contributed by atoms with Gasteiger partial charge in [-0.15, -0.1) is 0 Å². The normalized spacial score (nSPS) is 28.9. The second-order valence-corrected chi connectivity index (χ2v) is 5.56. The Morgan fingerprint density at radius 2 is 2.10 bits per heavy atom. The highest BCUT2D eigenvalue weighted by Crippen LogP contribution is 2.36. The number of amides is 1. The smallest absolute Gasteiger partial charge is 0.309 e. The Bertz CT molecular complexity index is 514. The molecule has 2 fully saturated rings. The van der Waals surface area contributed by atoms with E-state index in [1.165, 1.54) is 0 Å². The van der Waals surface area contributed by atoms with Gasteiger partial charge in [0.15, 0.2) is 0 Å². The zero-order chi connectivity index (χ0) is 14.1. The molecule has 106 valence electrons. The summed E-state index contributed by atoms with van der Waals surface area (Å²) >= 11 is 0. The maximum Gasteiger partial charge on any atom is 0.309 e. The van der Waals surface area contributed by atoms with E-state index in [0.717, 1.165) is 12.8 Å². The van der Waals surface area contributed by atoms with E-state index in [-0.39, 0.29) is 29.8 Å². The third kappa shape index (κ3) is 2.19. The first-order chi connectivity index (χ1) is 9.70. The third-order valence-electron chi connectivity index (χ3n) is 4.45. The summed E-state index contributed by atoms with van der Waals surface area (Å²) in [4.78, 5) is 26.0. The lowest BCUT2D eigenvalue weighted by atomic mass is 9.83. The van der Waals surface area contributed by atoms with Gasteiger partial charge in [-0.2, -0.15) is 0 Å². The number of rotatable bonds is 2. The van der Waals surface area contributed by atoms with E-state index in [1.807, 2.05) is 42.2 Å². The Labute approximate surface area is 118 Å². The van der Waals surface area contributed by atoms with Crippen LogP contribution >= 0.6 is 0 Å². The van der Waals surface area contributed by atoms with Crippen LogP contribution in [0, 0.1) is 11.8 Å². The summed E-state index contributed by atoms with van der Waals surface area (Å²) < 4.78 is 5.45. The minimum absolute atomic E-state index is 0.0222. The molecule has 3 rings (SSSR count). The Balaban J connectivity index is 1.71. The number of benzene rings is 1. The minimum Gasteiger partial charge on any atom is -0.460 e. The molecule has 2 heterocycles. The maximum atomic E-state index is 12.4. The topological polar surface area (TPSA) is 46.6 Å². The van der Waals surface area contributed by atoms with Crippen LogP contribution in [-0.2, 0) is 9.53 Å². The molecule has 0 N–H and O–H groups in total. The van der Waals surface area contributed by atoms with Crippen LogP contribution in [-0.4, -0.2) is 36.0 Å². The molecule has 0 bridgehead atoms. The Morgan fingerprint density at radius 3 is 2.80 bits per heavy atom. The molecule has 0 saturated carbocycles. The monoisotopic (exact) mass is 273 g/mol. The van der Waals surface area contributed by atoms with Gasteiger partial charge < -0.3 is 9.64 Å². The first kappa shape index (κ1) is 13.2. The van der Waals surface area contributed by atoms with Crippen LogP contribution in [0.15, 0.2) is 30.3 Å². The third-order valence-corrected chi connectivity index (χ3v) is 4.45. The number of likely N-dealkylation sites (tertiary alicyclic amines) is 1. The van der Waals surface area contributed by atoms with Gasteiger partial charge in [-0.1, -0.05) is 25.1 Å². The van der Waals surface area contributed by atoms with E-state index in [1.54, 1.807) is 0 Å². The number of hydrogen-bond acceptors (Lipinski definition) is 3. The van der Waals surface area contributed by atoms with Gasteiger partial charge in [-0.3, -0.25) is 9.59 Å². The van der Waals surface area contributed by atoms with Crippen molar-refractivity contribution < 1.29 is 14.3 Å². The van der Waals surface area contributed by atoms with Crippen molar-refractivity contribution in [3.63, 3.8) is 0 Å². The Hall–Kier alpha value is -1.84. The fourth-order valence-corrected chi connectivity index (χ4v) is 3.35. The van der Waals surface area contributed by atoms with Crippen molar-refractivity contribution in [3.05, 3.63) is 35.9 Å². The molecule has 0 aliphatic carbocycles. The molecule has 1 amide bonds. The van der Waals surface area contributed by atoms with Crippen molar-refractivity contribution in [2.45, 2.75) is 25.9 Å². The first-order valence-electron chi connectivity index (χ1n) is 7.25. The second kappa shape index (κ2) is 5.27. The first-order valence-corrected chi connectivity index (χ1v) is 7.25. The van der Waals surface area contributed by atoms with Crippen molar-refractivity contribution in [2.75, 3.05) is 13.1 Å². The molecule has 4 heteroatoms. The number of carbonyl (C=O) groups excluding carboxylic acids is 2. The highest BCUT2D eigenvalue weighted by Gasteiger charge is 2.46. The van der Waals surface area contributed by atoms with E-state index in [4.69, 9.17) is 4.74 Å². The van der Waals surface area contributed by atoms with Crippen LogP contribution in [0.3, 0.4) is 0 Å². The number of hydrogen-bond donors (Lipinski definition) is 0. The van der Waals surface area contributed by atoms with E-state index in [0.29, 0.717) is 18.7 Å². The van der Waals surface area contributed by atoms with Gasteiger partial charge in [0.25, 0.3) is 5.91 Å². The maximum absolute atomic E-state index is 12.4. The molecule has 1 aromatic rings. The van der Waals surface area contributed by atoms with Crippen LogP contribution in [0.2, 0.25) is 0 Å². The molecule has 3 unspecified atom stereocenters. The van der Waals surface area contributed by atoms with Gasteiger partial charge in [0, 0.05) is 18.0 Å². The van der Waals surface area contributed by atoms with Crippen LogP contribution < -0.4 is 0 Å². The predicted octanol–water partition coefficient (Wildman–Crippen LogP) is 2.10. The lowest BCUT2D eigenvalue weighted by Gasteiger charge is -2.34. The van der Waals surface area contributed by atoms with Gasteiger partial charge in [-0.05, 0) is 25.0 Å². The molecule has 2 saturated heterocycles. The van der Waals surface area contributed by atoms with Gasteiger partial charge in [0.1, 0.15) is 6.10 Å². The fourth-order valence-electron chi connectivity index (χ4n) is 3.35. The molecule has 0 radical (unpaired) electrons. The largest absolute Gasteiger partial charge is 0.460 e. The number of ether oxygens (including phenoxy) is 1. The summed E-state index contributed by atoms with van der Waals surface area (Å²) in [5.41, 5.74) is 0.697. The van der Waals surface area contributed by atoms with Crippen LogP contribution in [0.4, 0.5) is 0 Å². The quantitative estimate of drug-likeness (QED) is 0.775. The van der Waals surface area contributed by atoms with Crippen molar-refractivity contribution in [3.8, 4) is 0 Å². The van der Waals surface area contributed by atoms with Gasteiger partial charge in [-0.25, -0.2) is 0 Å². The van der Waals surface area contributed by atoms with Gasteiger partial charge >= 0.3 is 5.97 Å². The second-order valence-electron chi connectivity index (χ2n) is 5.56. The average molecular weight is 273 g/mol. The standard InChI is InChI=1S/C16H19NO3/c1-2-12-13-8-9-17(10-14(13)20-16(12)19)15(18)11-6-4-3-5-7-11/h3-7,12-14H,2,8-10H2,1H3. The SMILES string of the molecule is CCC1C(=O)OC2CN(C(=O)c3ccccc3)CCC21. The van der Waals surface area contributed by atoms with Crippen molar-refractivity contribution in [1.29, 1.82) is 0 Å². The highest BCUT2D eigenvalue weighted by atomic mass is 16.6.